The van der Waals surface area contributed by atoms with Crippen LogP contribution in [0.25, 0.3) is 10.9 Å². The van der Waals surface area contributed by atoms with Crippen LogP contribution >= 0.6 is 0 Å². The normalized spacial score (nSPS) is 10.9. The van der Waals surface area contributed by atoms with E-state index in [0.717, 1.165) is 23.1 Å². The van der Waals surface area contributed by atoms with Gasteiger partial charge < -0.3 is 4.57 Å². The van der Waals surface area contributed by atoms with Crippen LogP contribution in [0.15, 0.2) is 42.7 Å². The first-order valence-electron chi connectivity index (χ1n) is 6.63. The Morgan fingerprint density at radius 2 is 2.10 bits per heavy atom. The molecule has 0 aliphatic rings. The van der Waals surface area contributed by atoms with Crippen molar-refractivity contribution in [3.63, 3.8) is 0 Å². The fourth-order valence-corrected chi connectivity index (χ4v) is 2.39. The molecule has 0 atom stereocenters. The van der Waals surface area contributed by atoms with Crippen LogP contribution in [0, 0.1) is 6.92 Å². The summed E-state index contributed by atoms with van der Waals surface area (Å²) >= 11 is 0. The third-order valence-electron chi connectivity index (χ3n) is 3.35. The number of aryl methyl sites for hydroxylation is 2. The topological polar surface area (TPSA) is 47.8 Å². The predicted molar refractivity (Wildman–Crippen MR) is 77.8 cm³/mol. The molecule has 0 aliphatic heterocycles. The molecule has 0 aliphatic carbocycles. The molecule has 0 bridgehead atoms. The Balaban J connectivity index is 2.21. The van der Waals surface area contributed by atoms with Crippen molar-refractivity contribution in [2.75, 3.05) is 0 Å². The number of carbonyl (C=O) groups excluding carboxylic acids is 1. The molecule has 3 aromatic rings. The number of rotatable bonds is 3. The Morgan fingerprint density at radius 3 is 2.90 bits per heavy atom. The summed E-state index contributed by atoms with van der Waals surface area (Å²) in [6.45, 7) is 4.62. The number of ketones is 1. The van der Waals surface area contributed by atoms with Gasteiger partial charge in [0.05, 0.1) is 5.52 Å². The highest BCUT2D eigenvalue weighted by atomic mass is 16.1. The third-order valence-corrected chi connectivity index (χ3v) is 3.35. The number of para-hydroxylation sites is 1. The smallest absolute Gasteiger partial charge is 0.229 e. The summed E-state index contributed by atoms with van der Waals surface area (Å²) in [5.74, 6) is 0.418. The predicted octanol–water partition coefficient (Wildman–Crippen LogP) is 2.99. The average molecular weight is 265 g/mol. The zero-order chi connectivity index (χ0) is 14.1. The molecule has 0 fully saturated rings. The van der Waals surface area contributed by atoms with Gasteiger partial charge in [-0.3, -0.25) is 9.78 Å². The molecule has 2 aromatic heterocycles. The van der Waals surface area contributed by atoms with Crippen LogP contribution in [-0.4, -0.2) is 20.3 Å². The summed E-state index contributed by atoms with van der Waals surface area (Å²) in [6, 6.07) is 9.53. The fraction of sp³-hybridized carbons (Fsp3) is 0.188. The van der Waals surface area contributed by atoms with Gasteiger partial charge in [-0.2, -0.15) is 0 Å². The van der Waals surface area contributed by atoms with Crippen molar-refractivity contribution in [1.29, 1.82) is 0 Å². The standard InChI is InChI=1S/C16H15N3O/c1-3-19-9-8-17-16(19)15(20)13-10-11(2)18-14-7-5-4-6-12(13)14/h4-10H,3H2,1-2H3. The van der Waals surface area contributed by atoms with Gasteiger partial charge in [0, 0.05) is 35.6 Å². The molecule has 0 saturated carbocycles. The molecule has 0 N–H and O–H groups in total. The highest BCUT2D eigenvalue weighted by molar-refractivity contribution is 6.14. The van der Waals surface area contributed by atoms with Crippen molar-refractivity contribution in [2.45, 2.75) is 20.4 Å². The summed E-state index contributed by atoms with van der Waals surface area (Å²) < 4.78 is 1.85. The second kappa shape index (κ2) is 4.89. The van der Waals surface area contributed by atoms with Gasteiger partial charge in [-0.1, -0.05) is 18.2 Å². The van der Waals surface area contributed by atoms with Crippen molar-refractivity contribution < 1.29 is 4.79 Å². The van der Waals surface area contributed by atoms with Crippen LogP contribution in [0.3, 0.4) is 0 Å². The van der Waals surface area contributed by atoms with Crippen LogP contribution in [0.2, 0.25) is 0 Å². The molecule has 4 nitrogen and oxygen atoms in total. The van der Waals surface area contributed by atoms with Crippen molar-refractivity contribution in [2.24, 2.45) is 0 Å². The van der Waals surface area contributed by atoms with E-state index in [-0.39, 0.29) is 5.78 Å². The molecule has 0 unspecified atom stereocenters. The Morgan fingerprint density at radius 1 is 1.30 bits per heavy atom. The fourth-order valence-electron chi connectivity index (χ4n) is 2.39. The van der Waals surface area contributed by atoms with Gasteiger partial charge in [0.25, 0.3) is 0 Å². The van der Waals surface area contributed by atoms with E-state index in [1.54, 1.807) is 6.20 Å². The second-order valence-electron chi connectivity index (χ2n) is 4.69. The molecule has 1 aromatic carbocycles. The van der Waals surface area contributed by atoms with Crippen LogP contribution in [0.1, 0.15) is 28.8 Å². The van der Waals surface area contributed by atoms with E-state index in [0.29, 0.717) is 11.4 Å². The molecule has 0 amide bonds. The maximum atomic E-state index is 12.7. The highest BCUT2D eigenvalue weighted by Crippen LogP contribution is 2.20. The van der Waals surface area contributed by atoms with Crippen molar-refractivity contribution in [3.8, 4) is 0 Å². The van der Waals surface area contributed by atoms with Crippen LogP contribution < -0.4 is 0 Å². The first-order valence-corrected chi connectivity index (χ1v) is 6.63. The van der Waals surface area contributed by atoms with Gasteiger partial charge in [-0.05, 0) is 26.0 Å². The maximum Gasteiger partial charge on any atom is 0.229 e. The lowest BCUT2D eigenvalue weighted by atomic mass is 10.0. The van der Waals surface area contributed by atoms with Gasteiger partial charge in [-0.25, -0.2) is 4.98 Å². The highest BCUT2D eigenvalue weighted by Gasteiger charge is 2.18. The zero-order valence-corrected chi connectivity index (χ0v) is 11.5. The average Bonchev–Trinajstić information content (AvgIpc) is 2.94. The maximum absolute atomic E-state index is 12.7. The number of nitrogens with zero attached hydrogens (tertiary/aromatic N) is 3. The molecule has 3 rings (SSSR count). The summed E-state index contributed by atoms with van der Waals surface area (Å²) in [6.07, 6.45) is 3.48. The number of imidazole rings is 1. The third kappa shape index (κ3) is 1.99. The van der Waals surface area contributed by atoms with Crippen molar-refractivity contribution >= 4 is 16.7 Å². The minimum Gasteiger partial charge on any atom is -0.328 e. The number of carbonyl (C=O) groups is 1. The SMILES string of the molecule is CCn1ccnc1C(=O)c1cc(C)nc2ccccc12. The Hall–Kier alpha value is -2.49. The molecule has 0 spiro atoms. The van der Waals surface area contributed by atoms with Crippen LogP contribution in [-0.2, 0) is 6.54 Å². The summed E-state index contributed by atoms with van der Waals surface area (Å²) in [7, 11) is 0. The molecule has 0 saturated heterocycles. The van der Waals surface area contributed by atoms with E-state index in [9.17, 15) is 4.79 Å². The molecule has 2 heterocycles. The van der Waals surface area contributed by atoms with Gasteiger partial charge in [0.1, 0.15) is 0 Å². The van der Waals surface area contributed by atoms with Gasteiger partial charge in [-0.15, -0.1) is 0 Å². The summed E-state index contributed by atoms with van der Waals surface area (Å²) in [5, 5.41) is 0.869. The monoisotopic (exact) mass is 265 g/mol. The first-order chi connectivity index (χ1) is 9.70. The van der Waals surface area contributed by atoms with E-state index in [1.807, 2.05) is 54.9 Å². The Kier molecular flexibility index (Phi) is 3.06. The summed E-state index contributed by atoms with van der Waals surface area (Å²) in [4.78, 5) is 21.4. The number of pyridine rings is 1. The lowest BCUT2D eigenvalue weighted by Gasteiger charge is -2.08. The van der Waals surface area contributed by atoms with E-state index < -0.39 is 0 Å². The lowest BCUT2D eigenvalue weighted by Crippen LogP contribution is -2.11. The van der Waals surface area contributed by atoms with Crippen molar-refractivity contribution in [3.05, 3.63) is 59.8 Å². The van der Waals surface area contributed by atoms with Gasteiger partial charge >= 0.3 is 0 Å². The number of hydrogen-bond acceptors (Lipinski definition) is 3. The quantitative estimate of drug-likeness (QED) is 0.684. The van der Waals surface area contributed by atoms with Crippen LogP contribution in [0.5, 0.6) is 0 Å². The largest absolute Gasteiger partial charge is 0.328 e. The minimum absolute atomic E-state index is 0.0569. The van der Waals surface area contributed by atoms with Gasteiger partial charge in [0.15, 0.2) is 5.82 Å². The lowest BCUT2D eigenvalue weighted by molar-refractivity contribution is 0.102. The Labute approximate surface area is 117 Å². The van der Waals surface area contributed by atoms with Crippen LogP contribution in [0.4, 0.5) is 0 Å². The Bertz CT molecular complexity index is 789. The van der Waals surface area contributed by atoms with E-state index in [2.05, 4.69) is 9.97 Å². The van der Waals surface area contributed by atoms with E-state index in [1.165, 1.54) is 0 Å². The van der Waals surface area contributed by atoms with E-state index >= 15 is 0 Å². The molecular formula is C16H15N3O. The molecular weight excluding hydrogens is 250 g/mol. The molecule has 100 valence electrons. The molecule has 0 radical (unpaired) electrons. The first kappa shape index (κ1) is 12.5. The van der Waals surface area contributed by atoms with Gasteiger partial charge in [0.2, 0.25) is 5.78 Å². The molecule has 4 heteroatoms. The number of benzene rings is 1. The number of aromatic nitrogens is 3. The molecule has 20 heavy (non-hydrogen) atoms. The van der Waals surface area contributed by atoms with Crippen molar-refractivity contribution in [1.82, 2.24) is 14.5 Å². The zero-order valence-electron chi connectivity index (χ0n) is 11.5. The summed E-state index contributed by atoms with van der Waals surface area (Å²) in [5.41, 5.74) is 2.33. The number of hydrogen-bond donors (Lipinski definition) is 0. The second-order valence-corrected chi connectivity index (χ2v) is 4.69. The number of fused-ring (bicyclic) bond motifs is 1. The minimum atomic E-state index is -0.0569. The van der Waals surface area contributed by atoms with E-state index in [4.69, 9.17) is 0 Å².